The average Bonchev–Trinajstić information content (AvgIpc) is 3.30. The maximum atomic E-state index is 12.0. The first kappa shape index (κ1) is 20.4. The third-order valence-corrected chi connectivity index (χ3v) is 6.09. The molecule has 0 spiro atoms. The van der Waals surface area contributed by atoms with Crippen molar-refractivity contribution in [2.24, 2.45) is 0 Å². The minimum Gasteiger partial charge on any atom is -0.465 e. The van der Waals surface area contributed by atoms with Gasteiger partial charge in [-0.2, -0.15) is 5.10 Å². The molecule has 1 saturated heterocycles. The highest BCUT2D eigenvalue weighted by atomic mass is 16.5. The number of hydrogen-bond acceptors (Lipinski definition) is 5. The predicted molar refractivity (Wildman–Crippen MR) is 121 cm³/mol. The summed E-state index contributed by atoms with van der Waals surface area (Å²) in [5, 5.41) is 14.4. The van der Waals surface area contributed by atoms with Gasteiger partial charge in [0.15, 0.2) is 5.75 Å². The first-order chi connectivity index (χ1) is 15.6. The Morgan fingerprint density at radius 1 is 1.12 bits per heavy atom. The Labute approximate surface area is 186 Å². The van der Waals surface area contributed by atoms with Gasteiger partial charge in [0, 0.05) is 24.7 Å². The molecule has 1 amide bonds. The van der Waals surface area contributed by atoms with Crippen LogP contribution in [0.2, 0.25) is 0 Å². The smallest absolute Gasteiger partial charge is 0.412 e. The van der Waals surface area contributed by atoms with E-state index >= 15 is 0 Å². The highest BCUT2D eigenvalue weighted by molar-refractivity contribution is 5.90. The molecule has 2 aromatic carbocycles. The van der Waals surface area contributed by atoms with E-state index in [-0.39, 0.29) is 6.04 Å². The maximum Gasteiger partial charge on any atom is 0.412 e. The molecular weight excluding hydrogens is 408 g/mol. The molecule has 166 valence electrons. The largest absolute Gasteiger partial charge is 0.465 e. The van der Waals surface area contributed by atoms with E-state index in [1.807, 2.05) is 66.5 Å². The number of rotatable bonds is 4. The first-order valence-corrected chi connectivity index (χ1v) is 10.9. The summed E-state index contributed by atoms with van der Waals surface area (Å²) < 4.78 is 13.6. The summed E-state index contributed by atoms with van der Waals surface area (Å²) in [5.41, 5.74) is 3.37. The lowest BCUT2D eigenvalue weighted by Crippen LogP contribution is -2.41. The van der Waals surface area contributed by atoms with Crippen LogP contribution in [0.4, 0.5) is 16.2 Å². The minimum absolute atomic E-state index is 0.0898. The van der Waals surface area contributed by atoms with E-state index in [1.54, 1.807) is 0 Å². The summed E-state index contributed by atoms with van der Waals surface area (Å²) in [6.45, 7) is 5.00. The van der Waals surface area contributed by atoms with E-state index < -0.39 is 6.09 Å². The molecule has 0 radical (unpaired) electrons. The number of ether oxygens (including phenoxy) is 2. The van der Waals surface area contributed by atoms with Gasteiger partial charge in [-0.1, -0.05) is 18.2 Å². The molecule has 2 aliphatic rings. The fraction of sp³-hybridized carbons (Fsp3) is 0.333. The molecule has 3 heterocycles. The number of morpholine rings is 1. The van der Waals surface area contributed by atoms with Gasteiger partial charge in [0.25, 0.3) is 0 Å². The van der Waals surface area contributed by atoms with Crippen LogP contribution in [0, 0.1) is 0 Å². The van der Waals surface area contributed by atoms with Crippen molar-refractivity contribution in [2.45, 2.75) is 25.8 Å². The topological polar surface area (TPSA) is 80.1 Å². The molecule has 0 aliphatic carbocycles. The van der Waals surface area contributed by atoms with Crippen molar-refractivity contribution in [3.63, 3.8) is 0 Å². The van der Waals surface area contributed by atoms with Crippen molar-refractivity contribution in [3.05, 3.63) is 60.4 Å². The van der Waals surface area contributed by atoms with Crippen molar-refractivity contribution in [1.29, 1.82) is 0 Å². The summed E-state index contributed by atoms with van der Waals surface area (Å²) in [7, 11) is 0. The van der Waals surface area contributed by atoms with E-state index in [0.717, 1.165) is 42.9 Å². The average molecular weight is 434 g/mol. The molecule has 8 nitrogen and oxygen atoms in total. The monoisotopic (exact) mass is 434 g/mol. The Kier molecular flexibility index (Phi) is 5.45. The van der Waals surface area contributed by atoms with E-state index in [2.05, 4.69) is 10.00 Å². The summed E-state index contributed by atoms with van der Waals surface area (Å²) in [6, 6.07) is 13.2. The lowest BCUT2D eigenvalue weighted by Gasteiger charge is -2.34. The van der Waals surface area contributed by atoms with Gasteiger partial charge in [0.1, 0.15) is 11.4 Å². The van der Waals surface area contributed by atoms with Crippen molar-refractivity contribution < 1.29 is 19.4 Å². The van der Waals surface area contributed by atoms with Gasteiger partial charge >= 0.3 is 6.09 Å². The lowest BCUT2D eigenvalue weighted by atomic mass is 9.95. The molecule has 5 rings (SSSR count). The van der Waals surface area contributed by atoms with Crippen LogP contribution in [-0.2, 0) is 11.2 Å². The zero-order chi connectivity index (χ0) is 22.1. The van der Waals surface area contributed by atoms with Crippen LogP contribution in [0.3, 0.4) is 0 Å². The third kappa shape index (κ3) is 3.78. The summed E-state index contributed by atoms with van der Waals surface area (Å²) in [6.07, 6.45) is 4.35. The Hall–Kier alpha value is -3.52. The van der Waals surface area contributed by atoms with Crippen molar-refractivity contribution >= 4 is 17.5 Å². The quantitative estimate of drug-likeness (QED) is 0.659. The Balaban J connectivity index is 1.59. The molecule has 1 atom stereocenters. The second kappa shape index (κ2) is 8.55. The number of amides is 1. The Bertz CT molecular complexity index is 1110. The van der Waals surface area contributed by atoms with E-state index in [1.165, 1.54) is 4.90 Å². The Morgan fingerprint density at radius 2 is 1.88 bits per heavy atom. The summed E-state index contributed by atoms with van der Waals surface area (Å²) >= 11 is 0. The van der Waals surface area contributed by atoms with Crippen LogP contribution in [0.25, 0.3) is 5.69 Å². The van der Waals surface area contributed by atoms with E-state index in [9.17, 15) is 9.90 Å². The third-order valence-electron chi connectivity index (χ3n) is 6.09. The fourth-order valence-electron chi connectivity index (χ4n) is 4.41. The standard InChI is InChI=1S/C24H26N4O4/c1-17-7-8-20-21(28(17)24(29)30)9-10-22(23(20)32-19-5-3-2-4-6-19)27-16-18(15-25-27)26-11-13-31-14-12-26/h2-6,9-10,15-17H,7-8,11-14H2,1H3,(H,29,30)/t17-/m0/s1. The van der Waals surface area contributed by atoms with Crippen LogP contribution in [0.1, 0.15) is 18.9 Å². The van der Waals surface area contributed by atoms with Crippen LogP contribution >= 0.6 is 0 Å². The number of nitrogens with zero attached hydrogens (tertiary/aromatic N) is 4. The number of fused-ring (bicyclic) bond motifs is 1. The molecule has 32 heavy (non-hydrogen) atoms. The van der Waals surface area contributed by atoms with Gasteiger partial charge in [-0.15, -0.1) is 0 Å². The fourth-order valence-corrected chi connectivity index (χ4v) is 4.41. The molecule has 8 heteroatoms. The van der Waals surface area contributed by atoms with Crippen molar-refractivity contribution in [2.75, 3.05) is 36.1 Å². The maximum absolute atomic E-state index is 12.0. The number of anilines is 2. The number of carbonyl (C=O) groups is 1. The molecule has 0 unspecified atom stereocenters. The number of para-hydroxylation sites is 1. The van der Waals surface area contributed by atoms with Gasteiger partial charge in [0.05, 0.1) is 37.0 Å². The first-order valence-electron chi connectivity index (χ1n) is 10.9. The van der Waals surface area contributed by atoms with Crippen LogP contribution in [0.5, 0.6) is 11.5 Å². The molecule has 1 N–H and O–H groups in total. The van der Waals surface area contributed by atoms with Crippen LogP contribution in [0.15, 0.2) is 54.9 Å². The summed E-state index contributed by atoms with van der Waals surface area (Å²) in [5.74, 6) is 1.34. The second-order valence-electron chi connectivity index (χ2n) is 8.11. The minimum atomic E-state index is -0.953. The predicted octanol–water partition coefficient (Wildman–Crippen LogP) is 4.32. The molecule has 1 aromatic heterocycles. The molecule has 1 fully saturated rings. The van der Waals surface area contributed by atoms with E-state index in [4.69, 9.17) is 9.47 Å². The van der Waals surface area contributed by atoms with Crippen LogP contribution in [-0.4, -0.2) is 53.3 Å². The SMILES string of the molecule is C[C@H]1CCc2c(ccc(-n3cc(N4CCOCC4)cn3)c2Oc2ccccc2)N1C(=O)O. The number of hydrogen-bond donors (Lipinski definition) is 1. The lowest BCUT2D eigenvalue weighted by molar-refractivity contribution is 0.122. The zero-order valence-electron chi connectivity index (χ0n) is 18.0. The highest BCUT2D eigenvalue weighted by Crippen LogP contribution is 2.42. The Morgan fingerprint density at radius 3 is 2.62 bits per heavy atom. The number of aromatic nitrogens is 2. The van der Waals surface area contributed by atoms with E-state index in [0.29, 0.717) is 30.4 Å². The van der Waals surface area contributed by atoms with Gasteiger partial charge in [-0.25, -0.2) is 9.48 Å². The van der Waals surface area contributed by atoms with Crippen LogP contribution < -0.4 is 14.5 Å². The zero-order valence-corrected chi connectivity index (χ0v) is 18.0. The van der Waals surface area contributed by atoms with Crippen molar-refractivity contribution in [3.8, 4) is 17.2 Å². The van der Waals surface area contributed by atoms with Gasteiger partial charge < -0.3 is 19.5 Å². The van der Waals surface area contributed by atoms with Gasteiger partial charge in [0.2, 0.25) is 0 Å². The highest BCUT2D eigenvalue weighted by Gasteiger charge is 2.32. The summed E-state index contributed by atoms with van der Waals surface area (Å²) in [4.78, 5) is 15.7. The molecule has 3 aromatic rings. The second-order valence-corrected chi connectivity index (χ2v) is 8.11. The van der Waals surface area contributed by atoms with Gasteiger partial charge in [-0.3, -0.25) is 4.90 Å². The molecule has 0 saturated carbocycles. The number of benzene rings is 2. The number of carboxylic acid groups (broad SMARTS) is 1. The molecule has 0 bridgehead atoms. The molecule has 2 aliphatic heterocycles. The molecular formula is C24H26N4O4. The van der Waals surface area contributed by atoms with Gasteiger partial charge in [-0.05, 0) is 44.0 Å². The van der Waals surface area contributed by atoms with Crippen molar-refractivity contribution in [1.82, 2.24) is 9.78 Å². The normalized spacial score (nSPS) is 18.3.